The lowest BCUT2D eigenvalue weighted by Gasteiger charge is -2.12. The molecule has 1 aliphatic rings. The van der Waals surface area contributed by atoms with E-state index in [0.29, 0.717) is 28.7 Å². The Kier molecular flexibility index (Phi) is 4.26. The van der Waals surface area contributed by atoms with Crippen molar-refractivity contribution >= 4 is 23.3 Å². The number of halogens is 1. The number of aromatic nitrogens is 3. The summed E-state index contributed by atoms with van der Waals surface area (Å²) in [6, 6.07) is 10.8. The first kappa shape index (κ1) is 16.5. The van der Waals surface area contributed by atoms with Gasteiger partial charge in [-0.05, 0) is 36.8 Å². The van der Waals surface area contributed by atoms with Gasteiger partial charge < -0.3 is 9.67 Å². The molecule has 3 heterocycles. The second-order valence-corrected chi connectivity index (χ2v) is 6.39. The highest BCUT2D eigenvalue weighted by atomic mass is 35.5. The van der Waals surface area contributed by atoms with Crippen LogP contribution in [0, 0.1) is 0 Å². The summed E-state index contributed by atoms with van der Waals surface area (Å²) >= 11 is 6.24. The van der Waals surface area contributed by atoms with E-state index in [1.165, 1.54) is 0 Å². The Bertz CT molecular complexity index is 998. The van der Waals surface area contributed by atoms with E-state index in [0.717, 1.165) is 11.3 Å². The molecule has 0 bridgehead atoms. The highest BCUT2D eigenvalue weighted by Gasteiger charge is 2.26. The van der Waals surface area contributed by atoms with Gasteiger partial charge in [-0.25, -0.2) is 4.98 Å². The molecule has 1 N–H and O–H groups in total. The number of carboxylic acid groups (broad SMARTS) is 1. The zero-order valence-electron chi connectivity index (χ0n) is 13.7. The minimum atomic E-state index is -0.859. The van der Waals surface area contributed by atoms with Gasteiger partial charge in [-0.3, -0.25) is 14.8 Å². The Labute approximate surface area is 154 Å². The lowest BCUT2D eigenvalue weighted by molar-refractivity contribution is -0.137. The number of carboxylic acids is 1. The van der Waals surface area contributed by atoms with Crippen LogP contribution in [-0.2, 0) is 4.79 Å². The summed E-state index contributed by atoms with van der Waals surface area (Å²) in [5, 5.41) is 9.70. The number of hydrogen-bond donors (Lipinski definition) is 1. The van der Waals surface area contributed by atoms with Crippen LogP contribution in [0.15, 0.2) is 60.0 Å². The number of aliphatic imine (C=N–C) groups is 1. The van der Waals surface area contributed by atoms with Crippen LogP contribution in [0.5, 0.6) is 0 Å². The highest BCUT2D eigenvalue weighted by molar-refractivity contribution is 6.31. The molecule has 1 atom stereocenters. The Morgan fingerprint density at radius 2 is 2.08 bits per heavy atom. The van der Waals surface area contributed by atoms with Gasteiger partial charge in [-0.2, -0.15) is 0 Å². The zero-order chi connectivity index (χ0) is 18.1. The number of rotatable bonds is 4. The zero-order valence-corrected chi connectivity index (χ0v) is 14.5. The molecule has 3 aromatic rings. The van der Waals surface area contributed by atoms with E-state index in [9.17, 15) is 4.79 Å². The first-order chi connectivity index (χ1) is 12.6. The van der Waals surface area contributed by atoms with Gasteiger partial charge in [0.15, 0.2) is 0 Å². The Hall–Kier alpha value is -2.99. The number of aliphatic carboxylic acids is 1. The maximum atomic E-state index is 11.1. The van der Waals surface area contributed by atoms with E-state index >= 15 is 0 Å². The number of pyridine rings is 1. The van der Waals surface area contributed by atoms with E-state index in [2.05, 4.69) is 9.97 Å². The fourth-order valence-corrected chi connectivity index (χ4v) is 3.29. The third-order valence-electron chi connectivity index (χ3n) is 4.26. The molecule has 26 heavy (non-hydrogen) atoms. The first-order valence-electron chi connectivity index (χ1n) is 8.18. The molecule has 1 aromatic carbocycles. The quantitative estimate of drug-likeness (QED) is 0.763. The molecular weight excluding hydrogens is 352 g/mol. The molecule has 0 saturated heterocycles. The number of hydrogen-bond acceptors (Lipinski definition) is 4. The highest BCUT2D eigenvalue weighted by Crippen LogP contribution is 2.33. The minimum absolute atomic E-state index is 0.00757. The van der Waals surface area contributed by atoms with Gasteiger partial charge in [-0.15, -0.1) is 0 Å². The molecule has 0 fully saturated rings. The fourth-order valence-electron chi connectivity index (χ4n) is 3.12. The summed E-state index contributed by atoms with van der Waals surface area (Å²) in [6.07, 6.45) is 5.62. The molecular formula is C19H15ClN4O2. The molecule has 0 saturated carbocycles. The van der Waals surface area contributed by atoms with E-state index in [-0.39, 0.29) is 12.5 Å². The SMILES string of the molecule is O=C(O)CC[C@@H]1N=C(c2ccccn2)c2cc(Cl)ccc2-n2ccnc21. The van der Waals surface area contributed by atoms with Gasteiger partial charge in [-0.1, -0.05) is 17.7 Å². The van der Waals surface area contributed by atoms with Crippen molar-refractivity contribution in [3.05, 3.63) is 77.1 Å². The molecule has 7 heteroatoms. The second-order valence-electron chi connectivity index (χ2n) is 5.96. The number of fused-ring (bicyclic) bond motifs is 3. The summed E-state index contributed by atoms with van der Waals surface area (Å²) in [5.74, 6) is -0.150. The second kappa shape index (κ2) is 6.72. The van der Waals surface area contributed by atoms with Crippen molar-refractivity contribution in [3.8, 4) is 5.69 Å². The van der Waals surface area contributed by atoms with Crippen molar-refractivity contribution < 1.29 is 9.90 Å². The Morgan fingerprint density at radius 3 is 2.85 bits per heavy atom. The maximum absolute atomic E-state index is 11.1. The van der Waals surface area contributed by atoms with Crippen molar-refractivity contribution in [1.29, 1.82) is 0 Å². The summed E-state index contributed by atoms with van der Waals surface area (Å²) in [7, 11) is 0. The average Bonchev–Trinajstić information content (AvgIpc) is 3.07. The topological polar surface area (TPSA) is 80.4 Å². The van der Waals surface area contributed by atoms with E-state index in [1.54, 1.807) is 12.4 Å². The molecule has 1 aliphatic heterocycles. The summed E-state index contributed by atoms with van der Waals surface area (Å²) in [6.45, 7) is 0. The minimum Gasteiger partial charge on any atom is -0.481 e. The van der Waals surface area contributed by atoms with Crippen molar-refractivity contribution in [2.24, 2.45) is 4.99 Å². The van der Waals surface area contributed by atoms with E-state index in [1.807, 2.05) is 47.2 Å². The fraction of sp³-hybridized carbons (Fsp3) is 0.158. The van der Waals surface area contributed by atoms with Gasteiger partial charge in [0.25, 0.3) is 0 Å². The molecule has 2 aromatic heterocycles. The van der Waals surface area contributed by atoms with Gasteiger partial charge in [0.1, 0.15) is 11.9 Å². The van der Waals surface area contributed by atoms with Gasteiger partial charge in [0, 0.05) is 35.6 Å². The van der Waals surface area contributed by atoms with Gasteiger partial charge in [0.05, 0.1) is 17.1 Å². The Morgan fingerprint density at radius 1 is 1.19 bits per heavy atom. The van der Waals surface area contributed by atoms with Gasteiger partial charge >= 0.3 is 5.97 Å². The van der Waals surface area contributed by atoms with Gasteiger partial charge in [0.2, 0.25) is 0 Å². The maximum Gasteiger partial charge on any atom is 0.303 e. The predicted molar refractivity (Wildman–Crippen MR) is 98.1 cm³/mol. The van der Waals surface area contributed by atoms with E-state index < -0.39 is 5.97 Å². The van der Waals surface area contributed by atoms with Crippen LogP contribution in [0.1, 0.15) is 36.0 Å². The third-order valence-corrected chi connectivity index (χ3v) is 4.50. The molecule has 0 radical (unpaired) electrons. The molecule has 0 amide bonds. The number of carbonyl (C=O) groups is 1. The molecule has 130 valence electrons. The van der Waals surface area contributed by atoms with Crippen LogP contribution in [-0.4, -0.2) is 31.3 Å². The smallest absolute Gasteiger partial charge is 0.303 e. The Balaban J connectivity index is 1.94. The van der Waals surface area contributed by atoms with Crippen LogP contribution in [0.4, 0.5) is 0 Å². The third kappa shape index (κ3) is 2.99. The normalized spacial score (nSPS) is 15.6. The summed E-state index contributed by atoms with van der Waals surface area (Å²) < 4.78 is 1.94. The van der Waals surface area contributed by atoms with Crippen LogP contribution in [0.2, 0.25) is 5.02 Å². The monoisotopic (exact) mass is 366 g/mol. The van der Waals surface area contributed by atoms with Crippen molar-refractivity contribution in [2.75, 3.05) is 0 Å². The lowest BCUT2D eigenvalue weighted by Crippen LogP contribution is -2.09. The first-order valence-corrected chi connectivity index (χ1v) is 8.56. The van der Waals surface area contributed by atoms with E-state index in [4.69, 9.17) is 21.7 Å². The van der Waals surface area contributed by atoms with Crippen LogP contribution in [0.25, 0.3) is 5.69 Å². The van der Waals surface area contributed by atoms with Crippen LogP contribution in [0.3, 0.4) is 0 Å². The standard InChI is InChI=1S/C19H15ClN4O2/c20-12-4-6-16-13(11-12)18(14-3-1-2-8-21-14)23-15(5-7-17(25)26)19-22-9-10-24(16)19/h1-4,6,8-11,15H,5,7H2,(H,25,26)/t15-/m0/s1. The predicted octanol–water partition coefficient (Wildman–Crippen LogP) is 3.68. The summed E-state index contributed by atoms with van der Waals surface area (Å²) in [5.41, 5.74) is 3.13. The van der Waals surface area contributed by atoms with Crippen LogP contribution >= 0.6 is 11.6 Å². The molecule has 0 aliphatic carbocycles. The lowest BCUT2D eigenvalue weighted by atomic mass is 10.0. The summed E-state index contributed by atoms with van der Waals surface area (Å²) in [4.78, 5) is 24.8. The molecule has 4 rings (SSSR count). The molecule has 0 unspecified atom stereocenters. The number of nitrogens with zero attached hydrogens (tertiary/aromatic N) is 4. The van der Waals surface area contributed by atoms with Crippen molar-refractivity contribution in [2.45, 2.75) is 18.9 Å². The number of imidazole rings is 1. The molecule has 6 nitrogen and oxygen atoms in total. The van der Waals surface area contributed by atoms with Crippen molar-refractivity contribution in [1.82, 2.24) is 14.5 Å². The number of benzene rings is 1. The van der Waals surface area contributed by atoms with Crippen molar-refractivity contribution in [3.63, 3.8) is 0 Å². The van der Waals surface area contributed by atoms with Crippen LogP contribution < -0.4 is 0 Å². The average molecular weight is 367 g/mol. The largest absolute Gasteiger partial charge is 0.481 e. The molecule has 0 spiro atoms.